The van der Waals surface area contributed by atoms with Crippen LogP contribution in [0.2, 0.25) is 17.8 Å². The Morgan fingerprint density at radius 1 is 0.671 bits per heavy atom. The van der Waals surface area contributed by atoms with E-state index >= 15 is 0 Å². The summed E-state index contributed by atoms with van der Waals surface area (Å²) in [6.45, 7) is 50.4. The van der Waals surface area contributed by atoms with Crippen molar-refractivity contribution < 1.29 is 9.31 Å². The van der Waals surface area contributed by atoms with Gasteiger partial charge in [-0.1, -0.05) is 134 Å². The van der Waals surface area contributed by atoms with Crippen molar-refractivity contribution in [2.75, 3.05) is 0 Å². The predicted molar refractivity (Wildman–Crippen MR) is 294 cm³/mol. The Morgan fingerprint density at radius 2 is 1.10 bits per heavy atom. The van der Waals surface area contributed by atoms with E-state index < -0.39 is 0 Å². The maximum absolute atomic E-state index is 12.6. The SMILES string of the molecule is CC1(C)CB(B2OC(C)(C)C(C)(C)O2)CC1(C)C.Cn1c(=O)n(CC(C)(C)C)c2ccc(Cl)nc21.[C-]#[N+]c1ccc(C)c(-c2ccc3c(n2)n(C)c(=O)n3CC(C)(C)C)c1.[C-]#[N+]c1ccc(C)c(Br)c1. The molecule has 0 atom stereocenters. The lowest BCUT2D eigenvalue weighted by Gasteiger charge is -2.35. The molecule has 6 heterocycles. The molecule has 0 spiro atoms. The highest BCUT2D eigenvalue weighted by atomic mass is 79.9. The second kappa shape index (κ2) is 20.7. The number of aryl methyl sites for hydroxylation is 4. The van der Waals surface area contributed by atoms with E-state index in [1.165, 1.54) is 17.2 Å². The van der Waals surface area contributed by atoms with Gasteiger partial charge in [-0.2, -0.15) is 0 Å². The van der Waals surface area contributed by atoms with Gasteiger partial charge in [0.1, 0.15) is 5.15 Å². The van der Waals surface area contributed by atoms with Crippen LogP contribution in [0.4, 0.5) is 11.4 Å². The molecule has 2 saturated heterocycles. The average molecular weight is 1030 g/mol. The third-order valence-electron chi connectivity index (χ3n) is 14.1. The summed E-state index contributed by atoms with van der Waals surface area (Å²) < 4.78 is 20.1. The summed E-state index contributed by atoms with van der Waals surface area (Å²) in [6.07, 6.45) is 2.38. The molecule has 16 heteroatoms. The summed E-state index contributed by atoms with van der Waals surface area (Å²) in [5, 5.41) is 0.404. The van der Waals surface area contributed by atoms with E-state index in [-0.39, 0.29) is 40.4 Å². The first kappa shape index (κ1) is 56.0. The van der Waals surface area contributed by atoms with E-state index in [2.05, 4.69) is 128 Å². The summed E-state index contributed by atoms with van der Waals surface area (Å²) in [5.74, 6) is 0. The van der Waals surface area contributed by atoms with Crippen LogP contribution in [0.15, 0.2) is 74.7 Å². The minimum Gasteiger partial charge on any atom is -0.410 e. The zero-order valence-electron chi connectivity index (χ0n) is 44.7. The number of nitrogens with zero attached hydrogens (tertiary/aromatic N) is 8. The van der Waals surface area contributed by atoms with Gasteiger partial charge in [0.15, 0.2) is 29.3 Å². The van der Waals surface area contributed by atoms with Gasteiger partial charge < -0.3 is 9.31 Å². The fraction of sp³-hybridized carbons (Fsp3) is 0.519. The number of benzene rings is 2. The van der Waals surface area contributed by atoms with Crippen LogP contribution in [0, 0.1) is 48.7 Å². The lowest BCUT2D eigenvalue weighted by atomic mass is 9.22. The molecule has 2 aliphatic heterocycles. The molecule has 4 aromatic heterocycles. The lowest BCUT2D eigenvalue weighted by molar-refractivity contribution is 0.00578. The highest BCUT2D eigenvalue weighted by Crippen LogP contribution is 2.54. The van der Waals surface area contributed by atoms with Crippen molar-refractivity contribution in [3.05, 3.63) is 125 Å². The smallest absolute Gasteiger partial charge is 0.407 e. The quantitative estimate of drug-likeness (QED) is 0.0989. The monoisotopic (exact) mass is 1030 g/mol. The Morgan fingerprint density at radius 3 is 1.54 bits per heavy atom. The van der Waals surface area contributed by atoms with E-state index in [0.717, 1.165) is 37.9 Å². The maximum atomic E-state index is 12.6. The molecular formula is C54H72B2BrClN8O4. The van der Waals surface area contributed by atoms with E-state index in [0.29, 0.717) is 58.3 Å². The van der Waals surface area contributed by atoms with Gasteiger partial charge in [-0.15, -0.1) is 0 Å². The molecule has 12 nitrogen and oxygen atoms in total. The minimum atomic E-state index is -0.200. The Labute approximate surface area is 430 Å². The van der Waals surface area contributed by atoms with E-state index in [4.69, 9.17) is 39.0 Å². The van der Waals surface area contributed by atoms with Crippen molar-refractivity contribution in [3.63, 3.8) is 0 Å². The van der Waals surface area contributed by atoms with Crippen LogP contribution in [-0.2, 0) is 36.5 Å². The molecule has 2 fully saturated rings. The molecule has 0 unspecified atom stereocenters. The fourth-order valence-corrected chi connectivity index (χ4v) is 9.25. The molecule has 8 rings (SSSR count). The molecule has 6 aromatic rings. The van der Waals surface area contributed by atoms with Crippen LogP contribution < -0.4 is 11.4 Å². The standard InChI is InChI=1S/C20H22N4O.C14H28B2O2.C12H16ClN3O.C8H6BrN/c1-13-7-8-14(21-5)11-15(13)16-9-10-17-18(22-16)23(6)19(25)24(17)12-20(2,3)4;1-11(2)9-15(10-12(11,3)4)16-17-13(5,6)14(7,8)18-16;1-12(2,3)7-16-8-5-6-9(13)14-10(8)15(4)11(16)17;1-6-3-4-7(10-2)5-8(6)9/h7-11H,12H2,1-4,6H3;9-10H2,1-8H3;5-6H,7H2,1-4H3;3-5H,1H3. The molecule has 70 heavy (non-hydrogen) atoms. The van der Waals surface area contributed by atoms with Crippen molar-refractivity contribution >= 4 is 74.8 Å². The Bertz CT molecular complexity index is 3040. The van der Waals surface area contributed by atoms with Crippen LogP contribution in [0.25, 0.3) is 43.3 Å². The van der Waals surface area contributed by atoms with Gasteiger partial charge in [-0.3, -0.25) is 18.3 Å². The summed E-state index contributed by atoms with van der Waals surface area (Å²) >= 11 is 9.19. The van der Waals surface area contributed by atoms with Crippen molar-refractivity contribution in [1.82, 2.24) is 28.2 Å². The van der Waals surface area contributed by atoms with E-state index in [9.17, 15) is 9.59 Å². The normalized spacial score (nSPS) is 16.7. The van der Waals surface area contributed by atoms with Gasteiger partial charge in [0.25, 0.3) is 0 Å². The molecule has 0 radical (unpaired) electrons. The average Bonchev–Trinajstić information content (AvgIpc) is 3.81. The van der Waals surface area contributed by atoms with Crippen molar-refractivity contribution in [1.29, 1.82) is 0 Å². The number of halogens is 2. The lowest BCUT2D eigenvalue weighted by Crippen LogP contribution is -2.41. The second-order valence-corrected chi connectivity index (χ2v) is 25.0. The van der Waals surface area contributed by atoms with Crippen molar-refractivity contribution in [3.8, 4) is 11.3 Å². The van der Waals surface area contributed by atoms with E-state index in [1.54, 1.807) is 39.9 Å². The minimum absolute atomic E-state index is 0.00265. The molecule has 0 aliphatic carbocycles. The highest BCUT2D eigenvalue weighted by molar-refractivity contribution is 9.10. The van der Waals surface area contributed by atoms with Crippen molar-refractivity contribution in [2.45, 2.75) is 148 Å². The molecule has 372 valence electrons. The maximum Gasteiger partial charge on any atom is 0.407 e. The van der Waals surface area contributed by atoms with Crippen LogP contribution in [0.5, 0.6) is 0 Å². The molecule has 0 N–H and O–H groups in total. The summed E-state index contributed by atoms with van der Waals surface area (Å²) in [7, 11) is 3.44. The summed E-state index contributed by atoms with van der Waals surface area (Å²) in [6, 6.07) is 18.6. The fourth-order valence-electron chi connectivity index (χ4n) is 8.74. The highest BCUT2D eigenvalue weighted by Gasteiger charge is 2.59. The van der Waals surface area contributed by atoms with E-state index in [1.807, 2.05) is 62.4 Å². The third kappa shape index (κ3) is 12.6. The Kier molecular flexibility index (Phi) is 16.5. The number of hydrogen-bond donors (Lipinski definition) is 0. The van der Waals surface area contributed by atoms with Gasteiger partial charge in [0, 0.05) is 31.7 Å². The molecule has 0 saturated carbocycles. The van der Waals surface area contributed by atoms with Gasteiger partial charge in [-0.25, -0.2) is 29.2 Å². The topological polar surface area (TPSA) is 107 Å². The van der Waals surface area contributed by atoms with Gasteiger partial charge in [-0.05, 0) is 116 Å². The first-order valence-electron chi connectivity index (χ1n) is 23.9. The molecule has 0 amide bonds. The van der Waals surface area contributed by atoms with Gasteiger partial charge in [0.2, 0.25) is 0 Å². The number of aromatic nitrogens is 6. The molecule has 2 aromatic carbocycles. The number of fused-ring (bicyclic) bond motifs is 2. The zero-order chi connectivity index (χ0) is 52.7. The predicted octanol–water partition coefficient (Wildman–Crippen LogP) is 13.8. The summed E-state index contributed by atoms with van der Waals surface area (Å²) in [4.78, 5) is 40.5. The van der Waals surface area contributed by atoms with Crippen LogP contribution >= 0.6 is 27.5 Å². The Hall–Kier alpha value is -4.92. The number of rotatable bonds is 4. The molecular weight excluding hydrogens is 962 g/mol. The second-order valence-electron chi connectivity index (χ2n) is 23.7. The Balaban J connectivity index is 0.000000182. The number of hydrogen-bond acceptors (Lipinski definition) is 6. The number of pyridine rings is 2. The largest absolute Gasteiger partial charge is 0.410 e. The number of imidazole rings is 2. The summed E-state index contributed by atoms with van der Waals surface area (Å²) in [5.41, 5.74) is 8.40. The molecule has 0 bridgehead atoms. The first-order chi connectivity index (χ1) is 32.1. The van der Waals surface area contributed by atoms with Crippen LogP contribution in [-0.4, -0.2) is 53.1 Å². The van der Waals surface area contributed by atoms with Crippen LogP contribution in [0.3, 0.4) is 0 Å². The third-order valence-corrected chi connectivity index (χ3v) is 15.2. The van der Waals surface area contributed by atoms with Gasteiger partial charge >= 0.3 is 18.4 Å². The van der Waals surface area contributed by atoms with Gasteiger partial charge in [0.05, 0.1) is 41.1 Å². The zero-order valence-corrected chi connectivity index (χ0v) is 47.1. The molecule has 2 aliphatic rings. The van der Waals surface area contributed by atoms with Crippen LogP contribution in [0.1, 0.15) is 108 Å². The van der Waals surface area contributed by atoms with Crippen molar-refractivity contribution in [2.24, 2.45) is 35.8 Å². The first-order valence-corrected chi connectivity index (χ1v) is 25.1.